The third-order valence-corrected chi connectivity index (χ3v) is 5.68. The highest BCUT2D eigenvalue weighted by Crippen LogP contribution is 2.20. The number of hydrogen-bond donors (Lipinski definition) is 3. The molecule has 3 N–H and O–H groups in total. The maximum atomic E-state index is 12.5. The average Bonchev–Trinajstić information content (AvgIpc) is 2.88. The minimum Gasteiger partial charge on any atom is -0.494 e. The number of benzene rings is 3. The first-order chi connectivity index (χ1) is 17.7. The van der Waals surface area contributed by atoms with Crippen LogP contribution in [0.3, 0.4) is 0 Å². The van der Waals surface area contributed by atoms with E-state index in [0.717, 1.165) is 16.8 Å². The number of para-hydroxylation sites is 1. The summed E-state index contributed by atoms with van der Waals surface area (Å²) in [5, 5.41) is 14.5. The first kappa shape index (κ1) is 27.1. The Kier molecular flexibility index (Phi) is 9.48. The van der Waals surface area contributed by atoms with Crippen LogP contribution in [0.15, 0.2) is 72.8 Å². The number of nitrogens with zero attached hydrogens (tertiary/aromatic N) is 1. The number of carboxylic acid groups (broad SMARTS) is 1. The summed E-state index contributed by atoms with van der Waals surface area (Å²) in [6.07, 6.45) is -0.148. The molecule has 3 aromatic carbocycles. The van der Waals surface area contributed by atoms with E-state index >= 15 is 0 Å². The topological polar surface area (TPSA) is 117 Å². The normalized spacial score (nSPS) is 11.2. The van der Waals surface area contributed by atoms with Crippen molar-refractivity contribution in [3.8, 4) is 5.75 Å². The molecule has 0 bridgehead atoms. The maximum absolute atomic E-state index is 12.5. The monoisotopic (exact) mass is 505 g/mol. The van der Waals surface area contributed by atoms with Crippen LogP contribution in [0.1, 0.15) is 24.5 Å². The molecule has 0 radical (unpaired) electrons. The minimum atomic E-state index is -0.858. The molecule has 0 saturated heterocycles. The van der Waals surface area contributed by atoms with Crippen molar-refractivity contribution in [2.75, 3.05) is 29.2 Å². The number of ether oxygens (including phenoxy) is 2. The van der Waals surface area contributed by atoms with Gasteiger partial charge in [0.1, 0.15) is 12.4 Å². The van der Waals surface area contributed by atoms with Crippen molar-refractivity contribution in [1.82, 2.24) is 0 Å². The van der Waals surface area contributed by atoms with Gasteiger partial charge in [-0.1, -0.05) is 37.3 Å². The Morgan fingerprint density at radius 1 is 0.973 bits per heavy atom. The zero-order valence-corrected chi connectivity index (χ0v) is 21.1. The molecule has 0 spiro atoms. The lowest BCUT2D eigenvalue weighted by Crippen LogP contribution is -2.27. The Morgan fingerprint density at radius 2 is 1.70 bits per heavy atom. The van der Waals surface area contributed by atoms with Gasteiger partial charge < -0.3 is 25.2 Å². The first-order valence-electron chi connectivity index (χ1n) is 11.8. The largest absolute Gasteiger partial charge is 0.494 e. The van der Waals surface area contributed by atoms with Gasteiger partial charge in [0.2, 0.25) is 0 Å². The second-order valence-electron chi connectivity index (χ2n) is 8.58. The number of aliphatic carboxylic acids is 1. The molecule has 3 aromatic rings. The first-order valence-corrected chi connectivity index (χ1v) is 11.8. The highest BCUT2D eigenvalue weighted by atomic mass is 16.6. The molecule has 3 amide bonds. The zero-order chi connectivity index (χ0) is 26.8. The number of carbonyl (C=O) groups is 3. The number of hydrogen-bond acceptors (Lipinski definition) is 5. The van der Waals surface area contributed by atoms with Gasteiger partial charge in [0.15, 0.2) is 0 Å². The Bertz CT molecular complexity index is 1230. The van der Waals surface area contributed by atoms with E-state index in [-0.39, 0.29) is 19.2 Å². The SMILES string of the molecule is Cc1ccccc1NC(=O)Nc1ccc(N(C)C(=O)OCc2cccc(OCCC(C)C(=O)O)c2)cc1. The number of anilines is 3. The van der Waals surface area contributed by atoms with E-state index in [2.05, 4.69) is 10.6 Å². The van der Waals surface area contributed by atoms with Crippen LogP contribution in [-0.2, 0) is 16.1 Å². The lowest BCUT2D eigenvalue weighted by molar-refractivity contribution is -0.141. The molecule has 1 unspecified atom stereocenters. The molecular weight excluding hydrogens is 474 g/mol. The molecule has 194 valence electrons. The summed E-state index contributed by atoms with van der Waals surface area (Å²) in [6.45, 7) is 3.86. The van der Waals surface area contributed by atoms with Crippen molar-refractivity contribution in [2.24, 2.45) is 5.92 Å². The molecular formula is C28H31N3O6. The third-order valence-electron chi connectivity index (χ3n) is 5.68. The van der Waals surface area contributed by atoms with Crippen LogP contribution in [0.25, 0.3) is 0 Å². The predicted octanol–water partition coefficient (Wildman–Crippen LogP) is 5.90. The minimum absolute atomic E-state index is 0.0462. The van der Waals surface area contributed by atoms with Crippen LogP contribution < -0.4 is 20.3 Å². The molecule has 1 atom stereocenters. The molecule has 0 aliphatic carbocycles. The summed E-state index contributed by atoms with van der Waals surface area (Å²) in [5.74, 6) is -0.766. The maximum Gasteiger partial charge on any atom is 0.414 e. The molecule has 0 heterocycles. The van der Waals surface area contributed by atoms with Gasteiger partial charge in [-0.05, 0) is 66.9 Å². The Balaban J connectivity index is 1.48. The average molecular weight is 506 g/mol. The van der Waals surface area contributed by atoms with Gasteiger partial charge in [-0.15, -0.1) is 0 Å². The molecule has 0 aromatic heterocycles. The summed E-state index contributed by atoms with van der Waals surface area (Å²) < 4.78 is 11.0. The zero-order valence-electron chi connectivity index (χ0n) is 21.1. The number of carbonyl (C=O) groups excluding carboxylic acids is 2. The van der Waals surface area contributed by atoms with Crippen molar-refractivity contribution in [3.05, 3.63) is 83.9 Å². The van der Waals surface area contributed by atoms with Crippen LogP contribution in [0.2, 0.25) is 0 Å². The highest BCUT2D eigenvalue weighted by molar-refractivity contribution is 6.00. The summed E-state index contributed by atoms with van der Waals surface area (Å²) in [4.78, 5) is 37.1. The fourth-order valence-electron chi connectivity index (χ4n) is 3.32. The number of nitrogens with one attached hydrogen (secondary N) is 2. The molecule has 0 aliphatic heterocycles. The van der Waals surface area contributed by atoms with Crippen molar-refractivity contribution in [2.45, 2.75) is 26.9 Å². The second-order valence-corrected chi connectivity index (χ2v) is 8.58. The Labute approximate surface area is 216 Å². The van der Waals surface area contributed by atoms with Crippen LogP contribution in [-0.4, -0.2) is 36.9 Å². The molecule has 37 heavy (non-hydrogen) atoms. The summed E-state index contributed by atoms with van der Waals surface area (Å²) in [7, 11) is 1.60. The lowest BCUT2D eigenvalue weighted by Gasteiger charge is -2.18. The Hall–Kier alpha value is -4.53. The fraction of sp³-hybridized carbons (Fsp3) is 0.250. The summed E-state index contributed by atoms with van der Waals surface area (Å²) >= 11 is 0. The fourth-order valence-corrected chi connectivity index (χ4v) is 3.32. The molecule has 0 saturated carbocycles. The standard InChI is InChI=1S/C28H31N3O6/c1-19-7-4-5-10-25(19)30-27(34)29-22-11-13-23(14-12-22)31(3)28(35)37-18-21-8-6-9-24(17-21)36-16-15-20(2)26(32)33/h4-14,17,20H,15-16,18H2,1-3H3,(H,32,33)(H2,29,30,34). The van der Waals surface area contributed by atoms with Crippen LogP contribution >= 0.6 is 0 Å². The predicted molar refractivity (Wildman–Crippen MR) is 142 cm³/mol. The van der Waals surface area contributed by atoms with Gasteiger partial charge >= 0.3 is 18.1 Å². The van der Waals surface area contributed by atoms with E-state index in [0.29, 0.717) is 23.5 Å². The van der Waals surface area contributed by atoms with E-state index in [1.807, 2.05) is 37.3 Å². The van der Waals surface area contributed by atoms with Gasteiger partial charge in [-0.25, -0.2) is 9.59 Å². The van der Waals surface area contributed by atoms with E-state index < -0.39 is 18.0 Å². The molecule has 0 fully saturated rings. The van der Waals surface area contributed by atoms with Gasteiger partial charge in [0.05, 0.1) is 12.5 Å². The quantitative estimate of drug-likeness (QED) is 0.316. The third kappa shape index (κ3) is 8.28. The van der Waals surface area contributed by atoms with Crippen molar-refractivity contribution < 1.29 is 29.0 Å². The van der Waals surface area contributed by atoms with E-state index in [1.54, 1.807) is 56.4 Å². The number of amides is 3. The molecule has 9 heteroatoms. The lowest BCUT2D eigenvalue weighted by atomic mass is 10.1. The van der Waals surface area contributed by atoms with Crippen molar-refractivity contribution >= 4 is 35.2 Å². The number of rotatable bonds is 10. The van der Waals surface area contributed by atoms with Crippen LogP contribution in [0.5, 0.6) is 5.75 Å². The number of urea groups is 1. The van der Waals surface area contributed by atoms with Crippen LogP contribution in [0.4, 0.5) is 26.7 Å². The van der Waals surface area contributed by atoms with Crippen molar-refractivity contribution in [3.63, 3.8) is 0 Å². The van der Waals surface area contributed by atoms with Gasteiger partial charge in [0, 0.05) is 24.1 Å². The summed E-state index contributed by atoms with van der Waals surface area (Å²) in [6, 6.07) is 21.0. The smallest absolute Gasteiger partial charge is 0.414 e. The molecule has 9 nitrogen and oxygen atoms in total. The van der Waals surface area contributed by atoms with E-state index in [4.69, 9.17) is 14.6 Å². The molecule has 0 aliphatic rings. The number of aryl methyl sites for hydroxylation is 1. The Morgan fingerprint density at radius 3 is 2.41 bits per heavy atom. The second kappa shape index (κ2) is 13.0. The van der Waals surface area contributed by atoms with E-state index in [9.17, 15) is 14.4 Å². The van der Waals surface area contributed by atoms with Gasteiger partial charge in [-0.2, -0.15) is 0 Å². The molecule has 3 rings (SSSR count). The highest BCUT2D eigenvalue weighted by Gasteiger charge is 2.14. The number of carboxylic acids is 1. The van der Waals surface area contributed by atoms with Crippen LogP contribution in [0, 0.1) is 12.8 Å². The van der Waals surface area contributed by atoms with Crippen molar-refractivity contribution in [1.29, 1.82) is 0 Å². The van der Waals surface area contributed by atoms with Gasteiger partial charge in [-0.3, -0.25) is 9.69 Å². The summed E-state index contributed by atoms with van der Waals surface area (Å²) in [5.41, 5.74) is 3.59. The van der Waals surface area contributed by atoms with Gasteiger partial charge in [0.25, 0.3) is 0 Å². The van der Waals surface area contributed by atoms with E-state index in [1.165, 1.54) is 4.90 Å².